The van der Waals surface area contributed by atoms with Gasteiger partial charge in [-0.2, -0.15) is 0 Å². The summed E-state index contributed by atoms with van der Waals surface area (Å²) in [5.41, 5.74) is 2.78. The Morgan fingerprint density at radius 3 is 2.47 bits per heavy atom. The minimum absolute atomic E-state index is 0. The molecular weight excluding hydrogens is 327 g/mol. The van der Waals surface area contributed by atoms with Crippen molar-refractivity contribution in [2.45, 2.75) is 0 Å². The maximum absolute atomic E-state index is 12.8. The van der Waals surface area contributed by atoms with Crippen LogP contribution in [0.1, 0.15) is 0 Å². The van der Waals surface area contributed by atoms with Gasteiger partial charge in [0.05, 0.1) is 5.69 Å². The zero-order valence-electron chi connectivity index (χ0n) is 9.75. The van der Waals surface area contributed by atoms with Crippen molar-refractivity contribution in [1.82, 2.24) is 9.97 Å². The molecule has 3 rings (SSSR count). The van der Waals surface area contributed by atoms with Crippen LogP contribution in [0.25, 0.3) is 21.8 Å². The molecule has 3 aromatic rings. The van der Waals surface area contributed by atoms with Crippen LogP contribution in [0.4, 0.5) is 4.39 Å². The molecule has 0 spiro atoms. The van der Waals surface area contributed by atoms with E-state index in [-0.39, 0.29) is 22.8 Å². The van der Waals surface area contributed by atoms with E-state index in [0.717, 1.165) is 21.8 Å². The van der Waals surface area contributed by atoms with Gasteiger partial charge in [0.15, 0.2) is 0 Å². The summed E-state index contributed by atoms with van der Waals surface area (Å²) in [7, 11) is 0. The molecule has 0 aliphatic carbocycles. The Labute approximate surface area is 124 Å². The van der Waals surface area contributed by atoms with Crippen molar-refractivity contribution < 1.29 is 21.4 Å². The van der Waals surface area contributed by atoms with Crippen molar-refractivity contribution in [2.75, 3.05) is 0 Å². The molecule has 0 atom stereocenters. The van der Waals surface area contributed by atoms with Crippen molar-refractivity contribution in [1.29, 1.82) is 0 Å². The molecule has 96 valence electrons. The van der Waals surface area contributed by atoms with Crippen LogP contribution in [0.2, 0.25) is 0 Å². The third-order valence-electron chi connectivity index (χ3n) is 2.55. The second-order valence-corrected chi connectivity index (χ2v) is 4.64. The molecule has 0 unspecified atom stereocenters. The molecular formula is C14H9BrFN2S-. The third-order valence-corrected chi connectivity index (χ3v) is 3.44. The molecule has 0 aliphatic rings. The maximum atomic E-state index is 12.8. The van der Waals surface area contributed by atoms with E-state index in [0.29, 0.717) is 0 Å². The van der Waals surface area contributed by atoms with Gasteiger partial charge in [-0.3, -0.25) is 4.98 Å². The Balaban J connectivity index is 0.00000133. The van der Waals surface area contributed by atoms with Gasteiger partial charge in [-0.15, -0.1) is 11.3 Å². The molecule has 0 saturated carbocycles. The highest BCUT2D eigenvalue weighted by Gasteiger charge is 2.06. The molecule has 19 heavy (non-hydrogen) atoms. The number of halogens is 2. The first-order valence-electron chi connectivity index (χ1n) is 5.45. The van der Waals surface area contributed by atoms with Crippen LogP contribution in [0, 0.1) is 5.82 Å². The number of hydrogen-bond acceptors (Lipinski definition) is 3. The fraction of sp³-hybridized carbons (Fsp3) is 0. The zero-order chi connectivity index (χ0) is 12.4. The SMILES string of the molecule is Fc1ccc(-c2csc(-c3cccnc3)n2)cc1.[Br-]. The lowest BCUT2D eigenvalue weighted by Gasteiger charge is -1.96. The van der Waals surface area contributed by atoms with Gasteiger partial charge in [0.2, 0.25) is 0 Å². The quantitative estimate of drug-likeness (QED) is 0.698. The maximum Gasteiger partial charge on any atom is 0.125 e. The molecule has 0 aliphatic heterocycles. The Morgan fingerprint density at radius 1 is 1.00 bits per heavy atom. The summed E-state index contributed by atoms with van der Waals surface area (Å²) in [6.45, 7) is 0. The van der Waals surface area contributed by atoms with Crippen LogP contribution in [-0.4, -0.2) is 9.97 Å². The predicted molar refractivity (Wildman–Crippen MR) is 70.7 cm³/mol. The van der Waals surface area contributed by atoms with Gasteiger partial charge in [0.25, 0.3) is 0 Å². The highest BCUT2D eigenvalue weighted by molar-refractivity contribution is 7.13. The Kier molecular flexibility index (Phi) is 4.39. The number of benzene rings is 1. The van der Waals surface area contributed by atoms with Gasteiger partial charge in [0, 0.05) is 28.9 Å². The lowest BCUT2D eigenvalue weighted by Crippen LogP contribution is -3.00. The van der Waals surface area contributed by atoms with Gasteiger partial charge in [-0.1, -0.05) is 0 Å². The molecule has 0 fully saturated rings. The van der Waals surface area contributed by atoms with Crippen LogP contribution in [-0.2, 0) is 0 Å². The van der Waals surface area contributed by atoms with Gasteiger partial charge in [-0.25, -0.2) is 9.37 Å². The number of hydrogen-bond donors (Lipinski definition) is 0. The number of nitrogens with zero attached hydrogens (tertiary/aromatic N) is 2. The van der Waals surface area contributed by atoms with Crippen molar-refractivity contribution in [3.05, 3.63) is 60.0 Å². The highest BCUT2D eigenvalue weighted by Crippen LogP contribution is 2.28. The average molecular weight is 336 g/mol. The largest absolute Gasteiger partial charge is 1.00 e. The third kappa shape index (κ3) is 3.05. The number of rotatable bonds is 2. The second kappa shape index (κ2) is 6.04. The van der Waals surface area contributed by atoms with Crippen LogP contribution >= 0.6 is 11.3 Å². The average Bonchev–Trinajstić information content (AvgIpc) is 2.90. The van der Waals surface area contributed by atoms with Crippen molar-refractivity contribution >= 4 is 11.3 Å². The first kappa shape index (κ1) is 13.8. The van der Waals surface area contributed by atoms with Gasteiger partial charge < -0.3 is 17.0 Å². The van der Waals surface area contributed by atoms with Gasteiger partial charge >= 0.3 is 0 Å². The summed E-state index contributed by atoms with van der Waals surface area (Å²) in [4.78, 5) is 8.61. The zero-order valence-corrected chi connectivity index (χ0v) is 12.2. The molecule has 0 amide bonds. The topological polar surface area (TPSA) is 25.8 Å². The summed E-state index contributed by atoms with van der Waals surface area (Å²) < 4.78 is 12.8. The Hall–Kier alpha value is -1.59. The Bertz CT molecular complexity index is 653. The van der Waals surface area contributed by atoms with E-state index in [1.807, 2.05) is 17.5 Å². The number of thiazole rings is 1. The summed E-state index contributed by atoms with van der Waals surface area (Å²) in [5, 5.41) is 2.89. The van der Waals surface area contributed by atoms with E-state index < -0.39 is 0 Å². The van der Waals surface area contributed by atoms with E-state index in [2.05, 4.69) is 9.97 Å². The van der Waals surface area contributed by atoms with Gasteiger partial charge in [-0.05, 0) is 36.4 Å². The van der Waals surface area contributed by atoms with Crippen LogP contribution in [0.15, 0.2) is 54.2 Å². The minimum Gasteiger partial charge on any atom is -1.00 e. The molecule has 2 nitrogen and oxygen atoms in total. The van der Waals surface area contributed by atoms with E-state index >= 15 is 0 Å². The summed E-state index contributed by atoms with van der Waals surface area (Å²) in [6.07, 6.45) is 3.52. The summed E-state index contributed by atoms with van der Waals surface area (Å²) in [5.74, 6) is -0.235. The smallest absolute Gasteiger partial charge is 0.125 e. The molecule has 2 aromatic heterocycles. The molecule has 0 radical (unpaired) electrons. The predicted octanol–water partition coefficient (Wildman–Crippen LogP) is 1.02. The van der Waals surface area contributed by atoms with Crippen LogP contribution in [0.3, 0.4) is 0 Å². The Morgan fingerprint density at radius 2 is 1.79 bits per heavy atom. The number of pyridine rings is 1. The molecule has 0 N–H and O–H groups in total. The highest BCUT2D eigenvalue weighted by atomic mass is 79.9. The lowest BCUT2D eigenvalue weighted by atomic mass is 10.2. The van der Waals surface area contributed by atoms with E-state index in [1.165, 1.54) is 12.1 Å². The molecule has 1 aromatic carbocycles. The lowest BCUT2D eigenvalue weighted by molar-refractivity contribution is -0.00000417. The van der Waals surface area contributed by atoms with Crippen molar-refractivity contribution in [3.8, 4) is 21.8 Å². The van der Waals surface area contributed by atoms with E-state index in [4.69, 9.17) is 0 Å². The molecule has 0 bridgehead atoms. The fourth-order valence-corrected chi connectivity index (χ4v) is 2.47. The summed E-state index contributed by atoms with van der Waals surface area (Å²) in [6, 6.07) is 10.2. The summed E-state index contributed by atoms with van der Waals surface area (Å²) >= 11 is 1.56. The van der Waals surface area contributed by atoms with Gasteiger partial charge in [0.1, 0.15) is 10.8 Å². The fourth-order valence-electron chi connectivity index (χ4n) is 1.65. The molecule has 0 saturated heterocycles. The second-order valence-electron chi connectivity index (χ2n) is 3.79. The van der Waals surface area contributed by atoms with Crippen LogP contribution in [0.5, 0.6) is 0 Å². The standard InChI is InChI=1S/C14H9FN2S.BrH/c15-12-5-3-10(4-6-12)13-9-18-14(17-13)11-2-1-7-16-8-11;/h1-9H;1H/p-1. The minimum atomic E-state index is -0.235. The molecule has 2 heterocycles. The first-order chi connectivity index (χ1) is 8.83. The van der Waals surface area contributed by atoms with Crippen molar-refractivity contribution in [3.63, 3.8) is 0 Å². The van der Waals surface area contributed by atoms with Crippen molar-refractivity contribution in [2.24, 2.45) is 0 Å². The van der Waals surface area contributed by atoms with E-state index in [1.54, 1.807) is 35.9 Å². The molecule has 5 heteroatoms. The number of aromatic nitrogens is 2. The first-order valence-corrected chi connectivity index (χ1v) is 6.33. The van der Waals surface area contributed by atoms with E-state index in [9.17, 15) is 4.39 Å². The normalized spacial score (nSPS) is 9.95. The monoisotopic (exact) mass is 335 g/mol. The van der Waals surface area contributed by atoms with Crippen LogP contribution < -0.4 is 17.0 Å².